The molecule has 1 heterocycles. The second-order valence-corrected chi connectivity index (χ2v) is 6.66. The van der Waals surface area contributed by atoms with E-state index in [1.165, 1.54) is 12.8 Å². The largest absolute Gasteiger partial charge is 0.312 e. The zero-order valence-electron chi connectivity index (χ0n) is 8.45. The van der Waals surface area contributed by atoms with Crippen molar-refractivity contribution >= 4 is 10.8 Å². The highest BCUT2D eigenvalue weighted by molar-refractivity contribution is 7.86. The summed E-state index contributed by atoms with van der Waals surface area (Å²) in [6.07, 6.45) is 3.75. The van der Waals surface area contributed by atoms with Gasteiger partial charge in [-0.25, -0.2) is 0 Å². The molecule has 2 nitrogen and oxygen atoms in total. The lowest BCUT2D eigenvalue weighted by atomic mass is 10.1. The van der Waals surface area contributed by atoms with Crippen LogP contribution in [0.5, 0.6) is 0 Å². The van der Waals surface area contributed by atoms with E-state index < -0.39 is 10.8 Å². The lowest BCUT2D eigenvalue weighted by molar-refractivity contribution is 0.463. The van der Waals surface area contributed by atoms with Crippen molar-refractivity contribution in [3.8, 4) is 0 Å². The van der Waals surface area contributed by atoms with Crippen molar-refractivity contribution in [3.63, 3.8) is 0 Å². The SMILES string of the molecule is CC1CCNC(C2CC2)C(C)S1=O. The molecule has 0 aromatic rings. The van der Waals surface area contributed by atoms with Crippen LogP contribution in [0.2, 0.25) is 0 Å². The first-order chi connectivity index (χ1) is 6.20. The lowest BCUT2D eigenvalue weighted by Crippen LogP contribution is -2.40. The molecule has 0 bridgehead atoms. The quantitative estimate of drug-likeness (QED) is 0.692. The topological polar surface area (TPSA) is 29.1 Å². The second kappa shape index (κ2) is 3.70. The molecule has 1 aliphatic carbocycles. The van der Waals surface area contributed by atoms with Crippen molar-refractivity contribution in [2.45, 2.75) is 49.7 Å². The van der Waals surface area contributed by atoms with Gasteiger partial charge in [0.15, 0.2) is 0 Å². The maximum atomic E-state index is 12.0. The Labute approximate surface area is 82.9 Å². The highest BCUT2D eigenvalue weighted by Gasteiger charge is 2.39. The minimum atomic E-state index is -0.620. The van der Waals surface area contributed by atoms with Crippen LogP contribution in [0, 0.1) is 5.92 Å². The summed E-state index contributed by atoms with van der Waals surface area (Å²) in [5, 5.41) is 4.29. The zero-order valence-corrected chi connectivity index (χ0v) is 9.27. The van der Waals surface area contributed by atoms with E-state index in [0.29, 0.717) is 16.5 Å². The summed E-state index contributed by atoms with van der Waals surface area (Å²) in [7, 11) is -0.620. The molecule has 4 unspecified atom stereocenters. The van der Waals surface area contributed by atoms with Gasteiger partial charge in [-0.1, -0.05) is 6.92 Å². The highest BCUT2D eigenvalue weighted by atomic mass is 32.2. The van der Waals surface area contributed by atoms with Crippen LogP contribution in [0.1, 0.15) is 33.1 Å². The van der Waals surface area contributed by atoms with Crippen LogP contribution in [0.15, 0.2) is 0 Å². The fraction of sp³-hybridized carbons (Fsp3) is 1.00. The van der Waals surface area contributed by atoms with Crippen molar-refractivity contribution in [1.82, 2.24) is 5.32 Å². The molecule has 1 saturated heterocycles. The van der Waals surface area contributed by atoms with Gasteiger partial charge >= 0.3 is 0 Å². The predicted octanol–water partition coefficient (Wildman–Crippen LogP) is 1.28. The van der Waals surface area contributed by atoms with Gasteiger partial charge in [0.2, 0.25) is 0 Å². The van der Waals surface area contributed by atoms with Gasteiger partial charge in [-0.3, -0.25) is 4.21 Å². The molecule has 0 aromatic heterocycles. The van der Waals surface area contributed by atoms with Crippen molar-refractivity contribution < 1.29 is 4.21 Å². The van der Waals surface area contributed by atoms with E-state index in [-0.39, 0.29) is 0 Å². The summed E-state index contributed by atoms with van der Waals surface area (Å²) in [4.78, 5) is 0. The van der Waals surface area contributed by atoms with Crippen LogP contribution >= 0.6 is 0 Å². The van der Waals surface area contributed by atoms with E-state index >= 15 is 0 Å². The summed E-state index contributed by atoms with van der Waals surface area (Å²) in [6, 6.07) is 0.533. The highest BCUT2D eigenvalue weighted by Crippen LogP contribution is 2.36. The third-order valence-electron chi connectivity index (χ3n) is 3.33. The molecule has 0 amide bonds. The van der Waals surface area contributed by atoms with Crippen LogP contribution in [0.25, 0.3) is 0 Å². The fourth-order valence-corrected chi connectivity index (χ4v) is 3.94. The Balaban J connectivity index is 2.07. The van der Waals surface area contributed by atoms with E-state index in [4.69, 9.17) is 0 Å². The maximum absolute atomic E-state index is 12.0. The molecule has 0 aromatic carbocycles. The van der Waals surface area contributed by atoms with Crippen LogP contribution in [-0.2, 0) is 10.8 Å². The first-order valence-corrected chi connectivity index (χ1v) is 6.60. The molecule has 13 heavy (non-hydrogen) atoms. The maximum Gasteiger partial charge on any atom is 0.0478 e. The standard InChI is InChI=1S/C10H19NOS/c1-7-5-6-11-10(9-3-4-9)8(2)13(7)12/h7-11H,3-6H2,1-2H3. The van der Waals surface area contributed by atoms with Gasteiger partial charge < -0.3 is 5.32 Å². The molecule has 1 N–H and O–H groups in total. The normalized spacial score (nSPS) is 47.2. The molecular weight excluding hydrogens is 182 g/mol. The van der Waals surface area contributed by atoms with E-state index in [2.05, 4.69) is 19.2 Å². The first-order valence-electron chi connectivity index (χ1n) is 5.33. The molecular formula is C10H19NOS. The predicted molar refractivity (Wildman–Crippen MR) is 56.2 cm³/mol. The summed E-state index contributed by atoms with van der Waals surface area (Å²) in [5.74, 6) is 0.823. The van der Waals surface area contributed by atoms with E-state index in [1.54, 1.807) is 0 Å². The molecule has 4 atom stereocenters. The summed E-state index contributed by atoms with van der Waals surface area (Å²) in [6.45, 7) is 5.32. The van der Waals surface area contributed by atoms with Crippen molar-refractivity contribution in [2.75, 3.05) is 6.54 Å². The number of hydrogen-bond acceptors (Lipinski definition) is 2. The van der Waals surface area contributed by atoms with Gasteiger partial charge in [0.05, 0.1) is 0 Å². The summed E-state index contributed by atoms with van der Waals surface area (Å²) in [5.41, 5.74) is 0. The van der Waals surface area contributed by atoms with E-state index in [0.717, 1.165) is 18.9 Å². The molecule has 2 fully saturated rings. The van der Waals surface area contributed by atoms with Gasteiger partial charge in [0, 0.05) is 27.3 Å². The van der Waals surface area contributed by atoms with Crippen LogP contribution < -0.4 is 5.32 Å². The van der Waals surface area contributed by atoms with Crippen LogP contribution in [-0.4, -0.2) is 27.3 Å². The number of nitrogens with one attached hydrogen (secondary N) is 1. The summed E-state index contributed by atoms with van der Waals surface area (Å²) < 4.78 is 12.0. The van der Waals surface area contributed by atoms with Crippen LogP contribution in [0.4, 0.5) is 0 Å². The summed E-state index contributed by atoms with van der Waals surface area (Å²) >= 11 is 0. The molecule has 1 aliphatic heterocycles. The molecule has 0 radical (unpaired) electrons. The number of hydrogen-bond donors (Lipinski definition) is 1. The minimum absolute atomic E-state index is 0.352. The fourth-order valence-electron chi connectivity index (χ4n) is 2.25. The average Bonchev–Trinajstić information content (AvgIpc) is 2.91. The molecule has 2 aliphatic rings. The molecule has 3 heteroatoms. The van der Waals surface area contributed by atoms with Gasteiger partial charge in [0.25, 0.3) is 0 Å². The Morgan fingerprint density at radius 3 is 2.54 bits per heavy atom. The zero-order chi connectivity index (χ0) is 9.42. The third-order valence-corrected chi connectivity index (χ3v) is 5.38. The first kappa shape index (κ1) is 9.66. The Hall–Kier alpha value is 0.110. The van der Waals surface area contributed by atoms with Crippen molar-refractivity contribution in [3.05, 3.63) is 0 Å². The molecule has 2 rings (SSSR count). The Kier molecular flexibility index (Phi) is 2.75. The van der Waals surface area contributed by atoms with Crippen molar-refractivity contribution in [2.24, 2.45) is 5.92 Å². The average molecular weight is 201 g/mol. The Morgan fingerprint density at radius 2 is 1.92 bits per heavy atom. The minimum Gasteiger partial charge on any atom is -0.312 e. The van der Waals surface area contributed by atoms with Gasteiger partial charge in [0.1, 0.15) is 0 Å². The van der Waals surface area contributed by atoms with Gasteiger partial charge in [-0.2, -0.15) is 0 Å². The smallest absolute Gasteiger partial charge is 0.0478 e. The number of rotatable bonds is 1. The molecule has 0 spiro atoms. The molecule has 1 saturated carbocycles. The van der Waals surface area contributed by atoms with E-state index in [9.17, 15) is 4.21 Å². The van der Waals surface area contributed by atoms with Gasteiger partial charge in [-0.15, -0.1) is 0 Å². The Morgan fingerprint density at radius 1 is 1.23 bits per heavy atom. The Bertz CT molecular complexity index is 215. The second-order valence-electron chi connectivity index (χ2n) is 4.45. The van der Waals surface area contributed by atoms with E-state index in [1.807, 2.05) is 0 Å². The van der Waals surface area contributed by atoms with Crippen molar-refractivity contribution in [1.29, 1.82) is 0 Å². The third kappa shape index (κ3) is 1.96. The molecule has 76 valence electrons. The monoisotopic (exact) mass is 201 g/mol. The lowest BCUT2D eigenvalue weighted by Gasteiger charge is -2.21. The van der Waals surface area contributed by atoms with Gasteiger partial charge in [-0.05, 0) is 38.6 Å². The van der Waals surface area contributed by atoms with Crippen LogP contribution in [0.3, 0.4) is 0 Å².